The van der Waals surface area contributed by atoms with Crippen molar-refractivity contribution < 1.29 is 14.3 Å². The van der Waals surface area contributed by atoms with Crippen molar-refractivity contribution in [3.05, 3.63) is 28.8 Å². The van der Waals surface area contributed by atoms with Crippen molar-refractivity contribution in [2.45, 2.75) is 19.3 Å². The minimum atomic E-state index is -0.506. The molecule has 0 bridgehead atoms. The molecule has 92 valence electrons. The summed E-state index contributed by atoms with van der Waals surface area (Å²) in [4.78, 5) is 11.7. The number of halogens is 1. The number of rotatable bonds is 4. The first-order chi connectivity index (χ1) is 8.10. The van der Waals surface area contributed by atoms with Gasteiger partial charge in [-0.15, -0.1) is 0 Å². The Morgan fingerprint density at radius 3 is 2.65 bits per heavy atom. The van der Waals surface area contributed by atoms with Gasteiger partial charge >= 0.3 is 0 Å². The molecule has 1 aromatic rings. The van der Waals surface area contributed by atoms with E-state index in [1.165, 1.54) is 0 Å². The Bertz CT molecular complexity index is 438. The molecular weight excluding hydrogens is 240 g/mol. The highest BCUT2D eigenvalue weighted by Gasteiger charge is 2.45. The maximum Gasteiger partial charge on any atom is 0.145 e. The van der Waals surface area contributed by atoms with Crippen molar-refractivity contribution in [2.75, 3.05) is 19.8 Å². The maximum atomic E-state index is 11.7. The summed E-state index contributed by atoms with van der Waals surface area (Å²) in [5.74, 6) is 0.765. The fraction of sp³-hybridized carbons (Fsp3) is 0.462. The summed E-state index contributed by atoms with van der Waals surface area (Å²) in [7, 11) is 0. The molecule has 4 heteroatoms. The van der Waals surface area contributed by atoms with Crippen LogP contribution in [0.5, 0.6) is 5.75 Å². The molecule has 17 heavy (non-hydrogen) atoms. The van der Waals surface area contributed by atoms with Crippen molar-refractivity contribution in [2.24, 2.45) is 0 Å². The van der Waals surface area contributed by atoms with E-state index in [1.54, 1.807) is 13.0 Å². The molecule has 1 heterocycles. The lowest BCUT2D eigenvalue weighted by Gasteiger charge is -2.39. The van der Waals surface area contributed by atoms with Crippen molar-refractivity contribution in [1.29, 1.82) is 0 Å². The van der Waals surface area contributed by atoms with Gasteiger partial charge in [0.25, 0.3) is 0 Å². The van der Waals surface area contributed by atoms with Gasteiger partial charge in [-0.2, -0.15) is 0 Å². The number of ketones is 1. The highest BCUT2D eigenvalue weighted by molar-refractivity contribution is 6.32. The van der Waals surface area contributed by atoms with Crippen LogP contribution in [0.4, 0.5) is 0 Å². The number of carbonyl (C=O) groups excluding carboxylic acids is 1. The Balaban J connectivity index is 2.34. The van der Waals surface area contributed by atoms with Gasteiger partial charge in [0.15, 0.2) is 0 Å². The van der Waals surface area contributed by atoms with Gasteiger partial charge in [-0.1, -0.05) is 17.7 Å². The predicted molar refractivity (Wildman–Crippen MR) is 65.8 cm³/mol. The third kappa shape index (κ3) is 2.05. The molecule has 1 aliphatic heterocycles. The lowest BCUT2D eigenvalue weighted by molar-refractivity contribution is -0.140. The van der Waals surface area contributed by atoms with Crippen molar-refractivity contribution in [1.82, 2.24) is 0 Å². The van der Waals surface area contributed by atoms with Gasteiger partial charge in [0.1, 0.15) is 16.9 Å². The molecule has 3 nitrogen and oxygen atoms in total. The number of ether oxygens (including phenoxy) is 2. The number of benzene rings is 1. The van der Waals surface area contributed by atoms with E-state index in [2.05, 4.69) is 0 Å². The van der Waals surface area contributed by atoms with E-state index in [1.807, 2.05) is 19.1 Å². The van der Waals surface area contributed by atoms with Gasteiger partial charge in [-0.05, 0) is 31.5 Å². The molecule has 1 saturated heterocycles. The molecule has 0 amide bonds. The number of Topliss-reactive ketones (excluding diaryl/α,β-unsaturated/α-hetero) is 1. The minimum absolute atomic E-state index is 0.115. The van der Waals surface area contributed by atoms with Crippen LogP contribution in [0.2, 0.25) is 5.02 Å². The summed E-state index contributed by atoms with van der Waals surface area (Å²) in [5.41, 5.74) is 0.402. The molecule has 1 aromatic carbocycles. The van der Waals surface area contributed by atoms with Gasteiger partial charge in [0.2, 0.25) is 0 Å². The van der Waals surface area contributed by atoms with E-state index in [4.69, 9.17) is 21.1 Å². The molecule has 0 atom stereocenters. The molecule has 0 spiro atoms. The molecule has 0 aromatic heterocycles. The van der Waals surface area contributed by atoms with Crippen LogP contribution < -0.4 is 4.74 Å². The largest absolute Gasteiger partial charge is 0.492 e. The monoisotopic (exact) mass is 254 g/mol. The van der Waals surface area contributed by atoms with Crippen LogP contribution in [0.1, 0.15) is 19.4 Å². The smallest absolute Gasteiger partial charge is 0.145 e. The fourth-order valence-electron chi connectivity index (χ4n) is 1.95. The number of hydrogen-bond donors (Lipinski definition) is 0. The Labute approximate surface area is 106 Å². The molecule has 1 fully saturated rings. The average Bonchev–Trinajstić information content (AvgIpc) is 2.20. The summed E-state index contributed by atoms with van der Waals surface area (Å²) in [6, 6.07) is 5.50. The van der Waals surface area contributed by atoms with E-state index < -0.39 is 5.41 Å². The first-order valence-corrected chi connectivity index (χ1v) is 5.99. The first kappa shape index (κ1) is 12.4. The van der Waals surface area contributed by atoms with E-state index in [-0.39, 0.29) is 5.78 Å². The Morgan fingerprint density at radius 1 is 1.53 bits per heavy atom. The van der Waals surface area contributed by atoms with E-state index >= 15 is 0 Å². The van der Waals surface area contributed by atoms with E-state index in [0.717, 1.165) is 5.56 Å². The van der Waals surface area contributed by atoms with Gasteiger partial charge in [-0.3, -0.25) is 4.79 Å². The quantitative estimate of drug-likeness (QED) is 0.829. The predicted octanol–water partition coefficient (Wildman–Crippen LogP) is 2.60. The molecule has 0 N–H and O–H groups in total. The summed E-state index contributed by atoms with van der Waals surface area (Å²) < 4.78 is 10.5. The van der Waals surface area contributed by atoms with Crippen LogP contribution >= 0.6 is 11.6 Å². The van der Waals surface area contributed by atoms with Crippen molar-refractivity contribution in [3.8, 4) is 5.75 Å². The first-order valence-electron chi connectivity index (χ1n) is 5.62. The van der Waals surface area contributed by atoms with Crippen LogP contribution in [0, 0.1) is 0 Å². The summed E-state index contributed by atoms with van der Waals surface area (Å²) in [5, 5.41) is 0.539. The molecule has 2 rings (SSSR count). The zero-order valence-corrected chi connectivity index (χ0v) is 10.7. The van der Waals surface area contributed by atoms with Gasteiger partial charge in [0.05, 0.1) is 24.8 Å². The second kappa shape index (κ2) is 4.67. The summed E-state index contributed by atoms with van der Waals surface area (Å²) >= 11 is 6.12. The van der Waals surface area contributed by atoms with Gasteiger partial charge < -0.3 is 9.47 Å². The fourth-order valence-corrected chi connectivity index (χ4v) is 2.19. The molecule has 0 radical (unpaired) electrons. The standard InChI is InChI=1S/C13H15ClO3/c1-3-17-12-5-4-10(6-11(12)14)13(9(2)15)7-16-8-13/h4-6H,3,7-8H2,1-2H3. The van der Waals surface area contributed by atoms with Crippen LogP contribution in [0.3, 0.4) is 0 Å². The maximum absolute atomic E-state index is 11.7. The van der Waals surface area contributed by atoms with Gasteiger partial charge in [-0.25, -0.2) is 0 Å². The highest BCUT2D eigenvalue weighted by Crippen LogP contribution is 2.37. The highest BCUT2D eigenvalue weighted by atomic mass is 35.5. The molecule has 0 unspecified atom stereocenters. The molecule has 1 aliphatic rings. The van der Waals surface area contributed by atoms with E-state index in [0.29, 0.717) is 30.6 Å². The Hall–Kier alpha value is -1.06. The molecular formula is C13H15ClO3. The van der Waals surface area contributed by atoms with E-state index in [9.17, 15) is 4.79 Å². The third-order valence-corrected chi connectivity index (χ3v) is 3.45. The zero-order valence-electron chi connectivity index (χ0n) is 9.96. The third-order valence-electron chi connectivity index (χ3n) is 3.16. The van der Waals surface area contributed by atoms with Gasteiger partial charge in [0, 0.05) is 0 Å². The average molecular weight is 255 g/mol. The van der Waals surface area contributed by atoms with Crippen LogP contribution in [-0.2, 0) is 14.9 Å². The van der Waals surface area contributed by atoms with Crippen molar-refractivity contribution >= 4 is 17.4 Å². The number of hydrogen-bond acceptors (Lipinski definition) is 3. The normalized spacial score (nSPS) is 17.4. The molecule has 0 aliphatic carbocycles. The SMILES string of the molecule is CCOc1ccc(C2(C(C)=O)COC2)cc1Cl. The van der Waals surface area contributed by atoms with Crippen LogP contribution in [-0.4, -0.2) is 25.6 Å². The lowest BCUT2D eigenvalue weighted by Crippen LogP contribution is -2.52. The zero-order chi connectivity index (χ0) is 12.5. The Morgan fingerprint density at radius 2 is 2.24 bits per heavy atom. The van der Waals surface area contributed by atoms with Crippen LogP contribution in [0.15, 0.2) is 18.2 Å². The summed E-state index contributed by atoms with van der Waals surface area (Å²) in [6.07, 6.45) is 0. The summed E-state index contributed by atoms with van der Waals surface area (Å²) in [6.45, 7) is 4.94. The molecule has 0 saturated carbocycles. The topological polar surface area (TPSA) is 35.5 Å². The second-order valence-corrected chi connectivity index (χ2v) is 4.62. The Kier molecular flexibility index (Phi) is 3.40. The van der Waals surface area contributed by atoms with Crippen molar-refractivity contribution in [3.63, 3.8) is 0 Å². The number of carbonyl (C=O) groups is 1. The second-order valence-electron chi connectivity index (χ2n) is 4.21. The van der Waals surface area contributed by atoms with Crippen LogP contribution in [0.25, 0.3) is 0 Å². The lowest BCUT2D eigenvalue weighted by atomic mass is 9.75. The minimum Gasteiger partial charge on any atom is -0.492 e.